The van der Waals surface area contributed by atoms with Crippen LogP contribution < -0.4 is 0 Å². The van der Waals surface area contributed by atoms with Crippen molar-refractivity contribution in [1.29, 1.82) is 0 Å². The van der Waals surface area contributed by atoms with Crippen LogP contribution in [0.4, 0.5) is 0 Å². The summed E-state index contributed by atoms with van der Waals surface area (Å²) >= 11 is 0. The third-order valence-corrected chi connectivity index (χ3v) is 3.29. The summed E-state index contributed by atoms with van der Waals surface area (Å²) in [6.07, 6.45) is 3.57. The maximum atomic E-state index is 5.27. The summed E-state index contributed by atoms with van der Waals surface area (Å²) in [5.41, 5.74) is 1.52. The van der Waals surface area contributed by atoms with E-state index < -0.39 is 8.07 Å². The second kappa shape index (κ2) is 3.54. The van der Waals surface area contributed by atoms with Gasteiger partial charge in [-0.25, -0.2) is 0 Å². The fraction of sp³-hybridized carbons (Fsp3) is 0.778. The Labute approximate surface area is 70.5 Å². The summed E-state index contributed by atoms with van der Waals surface area (Å²) in [6, 6.07) is 1.31. The van der Waals surface area contributed by atoms with E-state index in [0.29, 0.717) is 0 Å². The summed E-state index contributed by atoms with van der Waals surface area (Å²) in [5, 5.41) is 0. The van der Waals surface area contributed by atoms with Crippen molar-refractivity contribution < 1.29 is 4.74 Å². The third-order valence-electron chi connectivity index (χ3n) is 1.86. The first-order valence-corrected chi connectivity index (χ1v) is 8.04. The van der Waals surface area contributed by atoms with Crippen LogP contribution in [-0.4, -0.2) is 21.3 Å². The predicted molar refractivity (Wildman–Crippen MR) is 51.7 cm³/mol. The van der Waals surface area contributed by atoms with Gasteiger partial charge in [-0.15, -0.1) is 0 Å². The van der Waals surface area contributed by atoms with Crippen LogP contribution in [0, 0.1) is 0 Å². The lowest BCUT2D eigenvalue weighted by Gasteiger charge is -2.12. The Morgan fingerprint density at radius 1 is 1.45 bits per heavy atom. The average Bonchev–Trinajstić information content (AvgIpc) is 2.32. The van der Waals surface area contributed by atoms with Gasteiger partial charge in [0, 0.05) is 8.07 Å². The molecule has 0 aromatic rings. The monoisotopic (exact) mass is 170 g/mol. The van der Waals surface area contributed by atoms with Crippen LogP contribution in [-0.2, 0) is 4.74 Å². The topological polar surface area (TPSA) is 9.23 Å². The molecule has 1 aliphatic heterocycles. The van der Waals surface area contributed by atoms with Gasteiger partial charge in [-0.3, -0.25) is 0 Å². The first-order valence-electron chi connectivity index (χ1n) is 4.33. The minimum absolute atomic E-state index is 0.857. The summed E-state index contributed by atoms with van der Waals surface area (Å²) in [7, 11) is -0.857. The summed E-state index contributed by atoms with van der Waals surface area (Å²) in [5.74, 6) is 0. The molecule has 0 aromatic heterocycles. The first kappa shape index (κ1) is 9.01. The largest absolute Gasteiger partial charge is 0.377 e. The van der Waals surface area contributed by atoms with Crippen LogP contribution >= 0.6 is 0 Å². The van der Waals surface area contributed by atoms with Crippen molar-refractivity contribution in [2.75, 3.05) is 13.2 Å². The van der Waals surface area contributed by atoms with Crippen molar-refractivity contribution >= 4 is 8.07 Å². The number of rotatable bonds is 2. The van der Waals surface area contributed by atoms with Crippen molar-refractivity contribution in [2.24, 2.45) is 0 Å². The summed E-state index contributed by atoms with van der Waals surface area (Å²) < 4.78 is 5.27. The van der Waals surface area contributed by atoms with E-state index >= 15 is 0 Å². The van der Waals surface area contributed by atoms with E-state index in [1.807, 2.05) is 0 Å². The molecule has 2 heteroatoms. The molecule has 1 rings (SSSR count). The van der Waals surface area contributed by atoms with Crippen molar-refractivity contribution in [3.05, 3.63) is 11.6 Å². The van der Waals surface area contributed by atoms with Crippen LogP contribution in [0.5, 0.6) is 0 Å². The van der Waals surface area contributed by atoms with E-state index in [4.69, 9.17) is 4.74 Å². The molecule has 1 heterocycles. The molecule has 1 fully saturated rings. The highest BCUT2D eigenvalue weighted by Crippen LogP contribution is 2.16. The lowest BCUT2D eigenvalue weighted by molar-refractivity contribution is 0.204. The third kappa shape index (κ3) is 3.73. The van der Waals surface area contributed by atoms with Gasteiger partial charge in [0.15, 0.2) is 0 Å². The standard InChI is InChI=1S/C9H18OSi/c1-11(2,3)7-5-9-4-6-10-8-9/h5H,4,6-8H2,1-3H3/b9-5-. The van der Waals surface area contributed by atoms with Crippen LogP contribution in [0.3, 0.4) is 0 Å². The normalized spacial score (nSPS) is 23.0. The van der Waals surface area contributed by atoms with Gasteiger partial charge < -0.3 is 4.74 Å². The van der Waals surface area contributed by atoms with Gasteiger partial charge in [0.25, 0.3) is 0 Å². The van der Waals surface area contributed by atoms with Crippen molar-refractivity contribution in [2.45, 2.75) is 32.1 Å². The smallest absolute Gasteiger partial charge is 0.0677 e. The number of hydrogen-bond donors (Lipinski definition) is 0. The zero-order chi connectivity index (χ0) is 8.32. The Morgan fingerprint density at radius 3 is 2.64 bits per heavy atom. The molecule has 0 unspecified atom stereocenters. The van der Waals surface area contributed by atoms with Crippen LogP contribution in [0.25, 0.3) is 0 Å². The highest BCUT2D eigenvalue weighted by molar-refractivity contribution is 6.76. The van der Waals surface area contributed by atoms with Gasteiger partial charge in [-0.1, -0.05) is 25.7 Å². The number of hydrogen-bond acceptors (Lipinski definition) is 1. The Hall–Kier alpha value is -0.0831. The summed E-state index contributed by atoms with van der Waals surface area (Å²) in [6.45, 7) is 9.04. The zero-order valence-electron chi connectivity index (χ0n) is 7.81. The van der Waals surface area contributed by atoms with E-state index in [1.165, 1.54) is 18.0 Å². The quantitative estimate of drug-likeness (QED) is 0.457. The van der Waals surface area contributed by atoms with E-state index in [9.17, 15) is 0 Å². The molecule has 1 aliphatic rings. The van der Waals surface area contributed by atoms with Crippen molar-refractivity contribution in [3.63, 3.8) is 0 Å². The second-order valence-corrected chi connectivity index (χ2v) is 9.96. The van der Waals surface area contributed by atoms with Gasteiger partial charge in [-0.05, 0) is 18.0 Å². The van der Waals surface area contributed by atoms with E-state index in [1.54, 1.807) is 0 Å². The molecule has 0 bridgehead atoms. The molecular formula is C9H18OSi. The van der Waals surface area contributed by atoms with Crippen molar-refractivity contribution in [3.8, 4) is 0 Å². The average molecular weight is 170 g/mol. The summed E-state index contributed by atoms with van der Waals surface area (Å²) in [4.78, 5) is 0. The molecule has 0 radical (unpaired) electrons. The molecule has 0 saturated carbocycles. The van der Waals surface area contributed by atoms with Crippen LogP contribution in [0.15, 0.2) is 11.6 Å². The Kier molecular flexibility index (Phi) is 2.90. The fourth-order valence-electron chi connectivity index (χ4n) is 1.09. The van der Waals surface area contributed by atoms with Gasteiger partial charge in [0.1, 0.15) is 0 Å². The van der Waals surface area contributed by atoms with Gasteiger partial charge in [0.2, 0.25) is 0 Å². The minimum Gasteiger partial charge on any atom is -0.377 e. The van der Waals surface area contributed by atoms with Gasteiger partial charge in [-0.2, -0.15) is 0 Å². The zero-order valence-corrected chi connectivity index (χ0v) is 8.81. The molecule has 1 nitrogen and oxygen atoms in total. The Morgan fingerprint density at radius 2 is 2.18 bits per heavy atom. The molecular weight excluding hydrogens is 152 g/mol. The molecule has 0 aromatic carbocycles. The lowest BCUT2D eigenvalue weighted by Crippen LogP contribution is -2.17. The Bertz CT molecular complexity index is 147. The molecule has 0 spiro atoms. The molecule has 64 valence electrons. The molecule has 0 aliphatic carbocycles. The SMILES string of the molecule is C[Si](C)(C)C/C=C1/CCOC1. The van der Waals surface area contributed by atoms with E-state index in [2.05, 4.69) is 25.7 Å². The van der Waals surface area contributed by atoms with Crippen LogP contribution in [0.1, 0.15) is 6.42 Å². The highest BCUT2D eigenvalue weighted by atomic mass is 28.3. The highest BCUT2D eigenvalue weighted by Gasteiger charge is 2.12. The molecule has 0 atom stereocenters. The number of ether oxygens (including phenoxy) is 1. The van der Waals surface area contributed by atoms with E-state index in [0.717, 1.165) is 13.2 Å². The Balaban J connectivity index is 2.34. The molecule has 11 heavy (non-hydrogen) atoms. The van der Waals surface area contributed by atoms with Crippen LogP contribution in [0.2, 0.25) is 25.7 Å². The van der Waals surface area contributed by atoms with Gasteiger partial charge >= 0.3 is 0 Å². The maximum absolute atomic E-state index is 5.27. The molecule has 0 amide bonds. The van der Waals surface area contributed by atoms with Gasteiger partial charge in [0.05, 0.1) is 13.2 Å². The lowest BCUT2D eigenvalue weighted by atomic mass is 10.2. The molecule has 0 N–H and O–H groups in total. The fourth-order valence-corrected chi connectivity index (χ4v) is 1.99. The predicted octanol–water partition coefficient (Wildman–Crippen LogP) is 2.67. The molecule has 1 saturated heterocycles. The minimum atomic E-state index is -0.857. The second-order valence-electron chi connectivity index (χ2n) is 4.43. The van der Waals surface area contributed by atoms with E-state index in [-0.39, 0.29) is 0 Å². The maximum Gasteiger partial charge on any atom is 0.0677 e. The number of allylic oxidation sites excluding steroid dienone is 1. The van der Waals surface area contributed by atoms with Crippen molar-refractivity contribution in [1.82, 2.24) is 0 Å². The first-order chi connectivity index (χ1) is 5.08.